The predicted molar refractivity (Wildman–Crippen MR) is 97.3 cm³/mol. The molecule has 25 heavy (non-hydrogen) atoms. The van der Waals surface area contributed by atoms with Crippen molar-refractivity contribution in [2.24, 2.45) is 0 Å². The van der Waals surface area contributed by atoms with Crippen LogP contribution in [0, 0.1) is 0 Å². The molecule has 1 saturated heterocycles. The van der Waals surface area contributed by atoms with Crippen molar-refractivity contribution in [3.05, 3.63) is 71.8 Å². The first kappa shape index (κ1) is 17.6. The Kier molecular flexibility index (Phi) is 5.51. The third-order valence-electron chi connectivity index (χ3n) is 4.73. The van der Waals surface area contributed by atoms with Gasteiger partial charge in [-0.2, -0.15) is 0 Å². The van der Waals surface area contributed by atoms with Gasteiger partial charge in [0.15, 0.2) is 0 Å². The molecule has 132 valence electrons. The molecule has 4 heteroatoms. The molecular formula is C21H25NO3. The lowest BCUT2D eigenvalue weighted by atomic mass is 9.78. The fourth-order valence-corrected chi connectivity index (χ4v) is 3.47. The van der Waals surface area contributed by atoms with E-state index >= 15 is 0 Å². The lowest BCUT2D eigenvalue weighted by Crippen LogP contribution is -2.47. The van der Waals surface area contributed by atoms with Crippen LogP contribution in [0.1, 0.15) is 36.8 Å². The van der Waals surface area contributed by atoms with Crippen LogP contribution in [0.5, 0.6) is 0 Å². The summed E-state index contributed by atoms with van der Waals surface area (Å²) in [4.78, 5) is 12.2. The minimum absolute atomic E-state index is 0.141. The van der Waals surface area contributed by atoms with Gasteiger partial charge in [-0.1, -0.05) is 60.7 Å². The number of benzene rings is 2. The minimum atomic E-state index is -1.13. The highest BCUT2D eigenvalue weighted by Gasteiger charge is 2.35. The molecule has 2 unspecified atom stereocenters. The third kappa shape index (κ3) is 4.27. The topological polar surface area (TPSA) is 58.6 Å². The van der Waals surface area contributed by atoms with E-state index in [9.17, 15) is 9.90 Å². The highest BCUT2D eigenvalue weighted by atomic mass is 16.5. The van der Waals surface area contributed by atoms with Gasteiger partial charge in [0.2, 0.25) is 5.91 Å². The lowest BCUT2D eigenvalue weighted by molar-refractivity contribution is -0.131. The number of carbonyl (C=O) groups excluding carboxylic acids is 1. The number of aliphatic hydroxyl groups is 1. The first-order chi connectivity index (χ1) is 12.1. The van der Waals surface area contributed by atoms with E-state index in [1.54, 1.807) is 6.92 Å². The summed E-state index contributed by atoms with van der Waals surface area (Å²) in [5, 5.41) is 14.1. The van der Waals surface area contributed by atoms with E-state index in [4.69, 9.17) is 4.74 Å². The predicted octanol–water partition coefficient (Wildman–Crippen LogP) is 2.86. The quantitative estimate of drug-likeness (QED) is 0.851. The first-order valence-corrected chi connectivity index (χ1v) is 8.79. The molecule has 3 rings (SSSR count). The van der Waals surface area contributed by atoms with Crippen molar-refractivity contribution in [2.75, 3.05) is 13.2 Å². The van der Waals surface area contributed by atoms with Crippen molar-refractivity contribution in [1.82, 2.24) is 5.32 Å². The van der Waals surface area contributed by atoms with Crippen LogP contribution in [0.25, 0.3) is 0 Å². The van der Waals surface area contributed by atoms with E-state index in [1.165, 1.54) is 0 Å². The van der Waals surface area contributed by atoms with Crippen LogP contribution in [0.3, 0.4) is 0 Å². The Bertz CT molecular complexity index is 639. The summed E-state index contributed by atoms with van der Waals surface area (Å²) >= 11 is 0. The summed E-state index contributed by atoms with van der Waals surface area (Å²) in [6.45, 7) is 2.57. The molecule has 4 nitrogen and oxygen atoms in total. The van der Waals surface area contributed by atoms with Crippen molar-refractivity contribution in [1.29, 1.82) is 0 Å². The van der Waals surface area contributed by atoms with Gasteiger partial charge in [0.25, 0.3) is 0 Å². The van der Waals surface area contributed by atoms with Gasteiger partial charge in [0.1, 0.15) is 6.10 Å². The summed E-state index contributed by atoms with van der Waals surface area (Å²) in [5.74, 6) is -0.377. The monoisotopic (exact) mass is 339 g/mol. The number of rotatable bonds is 6. The van der Waals surface area contributed by atoms with Gasteiger partial charge >= 0.3 is 0 Å². The van der Waals surface area contributed by atoms with Crippen LogP contribution in [0.2, 0.25) is 0 Å². The number of hydrogen-bond donors (Lipinski definition) is 2. The SMILES string of the molecule is CC(O)(CNC(=O)C1CCCO1)C(c1ccccc1)c1ccccc1. The third-order valence-corrected chi connectivity index (χ3v) is 4.73. The Morgan fingerprint density at radius 1 is 1.16 bits per heavy atom. The zero-order valence-corrected chi connectivity index (χ0v) is 14.5. The lowest BCUT2D eigenvalue weighted by Gasteiger charge is -2.34. The van der Waals surface area contributed by atoms with Crippen molar-refractivity contribution in [3.8, 4) is 0 Å². The number of ether oxygens (including phenoxy) is 1. The second-order valence-electron chi connectivity index (χ2n) is 6.83. The van der Waals surface area contributed by atoms with Crippen molar-refractivity contribution >= 4 is 5.91 Å². The fourth-order valence-electron chi connectivity index (χ4n) is 3.47. The van der Waals surface area contributed by atoms with Gasteiger partial charge in [-0.05, 0) is 30.9 Å². The van der Waals surface area contributed by atoms with Crippen LogP contribution in [-0.4, -0.2) is 35.9 Å². The molecule has 2 atom stereocenters. The molecule has 0 saturated carbocycles. The summed E-state index contributed by atoms with van der Waals surface area (Å²) in [5.41, 5.74) is 0.909. The second-order valence-corrected chi connectivity index (χ2v) is 6.83. The average molecular weight is 339 g/mol. The van der Waals surface area contributed by atoms with Gasteiger partial charge in [-0.3, -0.25) is 4.79 Å². The molecule has 0 aromatic heterocycles. The van der Waals surface area contributed by atoms with Crippen LogP contribution < -0.4 is 5.32 Å². The molecule has 2 aromatic rings. The summed E-state index contributed by atoms with van der Waals surface area (Å²) in [6, 6.07) is 19.8. The van der Waals surface area contributed by atoms with Gasteiger partial charge in [0.05, 0.1) is 5.60 Å². The van der Waals surface area contributed by atoms with Crippen molar-refractivity contribution in [3.63, 3.8) is 0 Å². The Morgan fingerprint density at radius 2 is 1.72 bits per heavy atom. The number of amides is 1. The maximum Gasteiger partial charge on any atom is 0.249 e. The largest absolute Gasteiger partial charge is 0.387 e. The van der Waals surface area contributed by atoms with Crippen molar-refractivity contribution in [2.45, 2.75) is 37.4 Å². The molecule has 1 amide bonds. The normalized spacial score (nSPS) is 19.6. The molecule has 0 spiro atoms. The van der Waals surface area contributed by atoms with E-state index in [1.807, 2.05) is 60.7 Å². The first-order valence-electron chi connectivity index (χ1n) is 8.79. The fraction of sp³-hybridized carbons (Fsp3) is 0.381. The Hall–Kier alpha value is -2.17. The molecule has 1 heterocycles. The van der Waals surface area contributed by atoms with E-state index in [0.29, 0.717) is 6.61 Å². The average Bonchev–Trinajstić information content (AvgIpc) is 3.16. The number of carbonyl (C=O) groups is 1. The molecule has 2 aromatic carbocycles. The maximum absolute atomic E-state index is 12.2. The Labute approximate surface area is 148 Å². The highest BCUT2D eigenvalue weighted by molar-refractivity contribution is 5.81. The molecule has 0 aliphatic carbocycles. The summed E-state index contributed by atoms with van der Waals surface area (Å²) < 4.78 is 5.42. The standard InChI is InChI=1S/C21H25NO3/c1-21(24,15-22-20(23)18-13-8-14-25-18)19(16-9-4-2-5-10-16)17-11-6-3-7-12-17/h2-7,9-12,18-19,24H,8,13-15H2,1H3,(H,22,23). The molecular weight excluding hydrogens is 314 g/mol. The highest BCUT2D eigenvalue weighted by Crippen LogP contribution is 2.34. The van der Waals surface area contributed by atoms with E-state index in [2.05, 4.69) is 5.32 Å². The van der Waals surface area contributed by atoms with Gasteiger partial charge in [-0.15, -0.1) is 0 Å². The summed E-state index contributed by atoms with van der Waals surface area (Å²) in [6.07, 6.45) is 1.27. The van der Waals surface area contributed by atoms with E-state index < -0.39 is 5.60 Å². The minimum Gasteiger partial charge on any atom is -0.387 e. The number of nitrogens with one attached hydrogen (secondary N) is 1. The second kappa shape index (κ2) is 7.81. The van der Waals surface area contributed by atoms with Crippen molar-refractivity contribution < 1.29 is 14.6 Å². The van der Waals surface area contributed by atoms with Crippen LogP contribution >= 0.6 is 0 Å². The molecule has 1 fully saturated rings. The molecule has 1 aliphatic rings. The molecule has 1 aliphatic heterocycles. The Morgan fingerprint density at radius 3 is 2.20 bits per heavy atom. The molecule has 0 radical (unpaired) electrons. The zero-order valence-electron chi connectivity index (χ0n) is 14.5. The van der Waals surface area contributed by atoms with Crippen LogP contribution in [0.15, 0.2) is 60.7 Å². The van der Waals surface area contributed by atoms with Crippen LogP contribution in [-0.2, 0) is 9.53 Å². The molecule has 0 bridgehead atoms. The van der Waals surface area contributed by atoms with Gasteiger partial charge in [-0.25, -0.2) is 0 Å². The number of hydrogen-bond acceptors (Lipinski definition) is 3. The van der Waals surface area contributed by atoms with Gasteiger partial charge < -0.3 is 15.2 Å². The molecule has 2 N–H and O–H groups in total. The smallest absolute Gasteiger partial charge is 0.249 e. The van der Waals surface area contributed by atoms with Crippen LogP contribution in [0.4, 0.5) is 0 Å². The maximum atomic E-state index is 12.2. The van der Waals surface area contributed by atoms with E-state index in [0.717, 1.165) is 24.0 Å². The zero-order chi connectivity index (χ0) is 17.7. The Balaban J connectivity index is 1.80. The summed E-state index contributed by atoms with van der Waals surface area (Å²) in [7, 11) is 0. The van der Waals surface area contributed by atoms with E-state index in [-0.39, 0.29) is 24.5 Å². The van der Waals surface area contributed by atoms with Gasteiger partial charge in [0, 0.05) is 19.1 Å².